The molecule has 0 aliphatic carbocycles. The molecule has 0 spiro atoms. The van der Waals surface area contributed by atoms with E-state index in [1.165, 1.54) is 12.1 Å². The summed E-state index contributed by atoms with van der Waals surface area (Å²) in [6, 6.07) is 7.93. The Morgan fingerprint density at radius 2 is 1.81 bits per heavy atom. The number of anilines is 2. The number of alkyl halides is 3. The van der Waals surface area contributed by atoms with E-state index in [0.717, 1.165) is 23.6 Å². The predicted octanol–water partition coefficient (Wildman–Crippen LogP) is 3.16. The van der Waals surface area contributed by atoms with Crippen LogP contribution in [0, 0.1) is 6.92 Å². The lowest BCUT2D eigenvalue weighted by Gasteiger charge is -2.35. The second-order valence-electron chi connectivity index (χ2n) is 6.02. The molecule has 0 unspecified atom stereocenters. The number of piperazine rings is 1. The van der Waals surface area contributed by atoms with Crippen LogP contribution in [0.4, 0.5) is 29.5 Å². The molecule has 0 saturated carbocycles. The normalized spacial score (nSPS) is 15.1. The lowest BCUT2D eigenvalue weighted by Crippen LogP contribution is -2.50. The molecule has 0 bridgehead atoms. The number of aryl methyl sites for hydroxylation is 1. The Kier molecular flexibility index (Phi) is 4.97. The molecule has 1 N–H and O–H groups in total. The van der Waals surface area contributed by atoms with Crippen LogP contribution >= 0.6 is 0 Å². The number of hydrogen-bond donors (Lipinski definition) is 1. The minimum Gasteiger partial charge on any atom is -0.352 e. The van der Waals surface area contributed by atoms with Gasteiger partial charge in [0.05, 0.1) is 11.3 Å². The number of carbonyl (C=O) groups excluding carboxylic acids is 1. The number of urea groups is 1. The minimum atomic E-state index is -4.44. The van der Waals surface area contributed by atoms with Crippen molar-refractivity contribution in [1.29, 1.82) is 0 Å². The third kappa shape index (κ3) is 4.22. The van der Waals surface area contributed by atoms with E-state index in [1.54, 1.807) is 4.90 Å². The standard InChI is InChI=1S/C17H18F3N5O/c1-12-5-6-15(23-22-12)24-7-9-25(10-8-24)16(26)21-14-4-2-3-13(11-14)17(18,19)20/h2-6,11H,7-10H2,1H3,(H,21,26). The highest BCUT2D eigenvalue weighted by molar-refractivity contribution is 5.89. The summed E-state index contributed by atoms with van der Waals surface area (Å²) in [5.74, 6) is 0.744. The lowest BCUT2D eigenvalue weighted by molar-refractivity contribution is -0.137. The highest BCUT2D eigenvalue weighted by Gasteiger charge is 2.30. The Morgan fingerprint density at radius 1 is 1.08 bits per heavy atom. The molecular weight excluding hydrogens is 347 g/mol. The predicted molar refractivity (Wildman–Crippen MR) is 91.0 cm³/mol. The van der Waals surface area contributed by atoms with Crippen LogP contribution in [-0.4, -0.2) is 47.3 Å². The smallest absolute Gasteiger partial charge is 0.352 e. The molecule has 0 atom stereocenters. The van der Waals surface area contributed by atoms with E-state index in [2.05, 4.69) is 15.5 Å². The van der Waals surface area contributed by atoms with Gasteiger partial charge in [0.2, 0.25) is 0 Å². The molecule has 2 amide bonds. The monoisotopic (exact) mass is 365 g/mol. The van der Waals surface area contributed by atoms with Crippen molar-refractivity contribution in [3.05, 3.63) is 47.7 Å². The van der Waals surface area contributed by atoms with Gasteiger partial charge in [0.1, 0.15) is 0 Å². The minimum absolute atomic E-state index is 0.122. The maximum absolute atomic E-state index is 12.7. The lowest BCUT2D eigenvalue weighted by atomic mass is 10.2. The van der Waals surface area contributed by atoms with Crippen LogP contribution in [0.5, 0.6) is 0 Å². The number of carbonyl (C=O) groups is 1. The number of halogens is 3. The maximum Gasteiger partial charge on any atom is 0.416 e. The van der Waals surface area contributed by atoms with E-state index in [4.69, 9.17) is 0 Å². The molecule has 26 heavy (non-hydrogen) atoms. The zero-order valence-corrected chi connectivity index (χ0v) is 14.1. The number of nitrogens with zero attached hydrogens (tertiary/aromatic N) is 4. The summed E-state index contributed by atoms with van der Waals surface area (Å²) in [7, 11) is 0. The first kappa shape index (κ1) is 18.0. The largest absolute Gasteiger partial charge is 0.416 e. The fourth-order valence-corrected chi connectivity index (χ4v) is 2.68. The number of nitrogens with one attached hydrogen (secondary N) is 1. The summed E-state index contributed by atoms with van der Waals surface area (Å²) in [5.41, 5.74) is 0.155. The van der Waals surface area contributed by atoms with E-state index in [9.17, 15) is 18.0 Å². The third-order valence-corrected chi connectivity index (χ3v) is 4.12. The zero-order chi connectivity index (χ0) is 18.7. The molecule has 6 nitrogen and oxygen atoms in total. The number of benzene rings is 1. The highest BCUT2D eigenvalue weighted by atomic mass is 19.4. The first-order valence-corrected chi connectivity index (χ1v) is 8.11. The van der Waals surface area contributed by atoms with Crippen LogP contribution in [0.3, 0.4) is 0 Å². The summed E-state index contributed by atoms with van der Waals surface area (Å²) in [4.78, 5) is 15.9. The molecule has 138 valence electrons. The first-order valence-electron chi connectivity index (χ1n) is 8.11. The van der Waals surface area contributed by atoms with E-state index < -0.39 is 17.8 Å². The molecule has 1 aromatic carbocycles. The van der Waals surface area contributed by atoms with Gasteiger partial charge in [-0.1, -0.05) is 6.07 Å². The van der Waals surface area contributed by atoms with Gasteiger partial charge in [0.25, 0.3) is 0 Å². The summed E-state index contributed by atoms with van der Waals surface area (Å²) in [6.07, 6.45) is -4.44. The molecule has 0 radical (unpaired) electrons. The average Bonchev–Trinajstić information content (AvgIpc) is 2.62. The molecule has 1 aliphatic heterocycles. The number of amides is 2. The van der Waals surface area contributed by atoms with Gasteiger partial charge in [0.15, 0.2) is 5.82 Å². The van der Waals surface area contributed by atoms with Gasteiger partial charge >= 0.3 is 12.2 Å². The van der Waals surface area contributed by atoms with Crippen LogP contribution < -0.4 is 10.2 Å². The van der Waals surface area contributed by atoms with Crippen molar-refractivity contribution in [2.24, 2.45) is 0 Å². The molecule has 9 heteroatoms. The van der Waals surface area contributed by atoms with E-state index in [0.29, 0.717) is 26.2 Å². The van der Waals surface area contributed by atoms with Gasteiger partial charge in [-0.3, -0.25) is 0 Å². The third-order valence-electron chi connectivity index (χ3n) is 4.12. The van der Waals surface area contributed by atoms with E-state index in [-0.39, 0.29) is 5.69 Å². The molecule has 2 aromatic rings. The van der Waals surface area contributed by atoms with Crippen molar-refractivity contribution in [1.82, 2.24) is 15.1 Å². The van der Waals surface area contributed by atoms with Crippen molar-refractivity contribution in [3.63, 3.8) is 0 Å². The number of rotatable bonds is 2. The molecule has 2 heterocycles. The van der Waals surface area contributed by atoms with Crippen LogP contribution in [-0.2, 0) is 6.18 Å². The number of aromatic nitrogens is 2. The summed E-state index contributed by atoms with van der Waals surface area (Å²) < 4.78 is 38.2. The molecule has 1 aromatic heterocycles. The second kappa shape index (κ2) is 7.19. The van der Waals surface area contributed by atoms with E-state index in [1.807, 2.05) is 24.0 Å². The fraction of sp³-hybridized carbons (Fsp3) is 0.353. The maximum atomic E-state index is 12.7. The average molecular weight is 365 g/mol. The van der Waals surface area contributed by atoms with Crippen molar-refractivity contribution in [2.45, 2.75) is 13.1 Å². The highest BCUT2D eigenvalue weighted by Crippen LogP contribution is 2.30. The number of hydrogen-bond acceptors (Lipinski definition) is 4. The topological polar surface area (TPSA) is 61.4 Å². The fourth-order valence-electron chi connectivity index (χ4n) is 2.68. The molecule has 1 aliphatic rings. The van der Waals surface area contributed by atoms with Crippen molar-refractivity contribution in [2.75, 3.05) is 36.4 Å². The summed E-state index contributed by atoms with van der Waals surface area (Å²) in [5, 5.41) is 10.7. The molecule has 1 fully saturated rings. The van der Waals surface area contributed by atoms with Crippen LogP contribution in [0.15, 0.2) is 36.4 Å². The Balaban J connectivity index is 1.58. The van der Waals surface area contributed by atoms with Crippen molar-refractivity contribution in [3.8, 4) is 0 Å². The van der Waals surface area contributed by atoms with Gasteiger partial charge in [0, 0.05) is 31.9 Å². The van der Waals surface area contributed by atoms with Gasteiger partial charge in [-0.25, -0.2) is 4.79 Å². The summed E-state index contributed by atoms with van der Waals surface area (Å²) in [6.45, 7) is 3.90. The van der Waals surface area contributed by atoms with Gasteiger partial charge in [-0.2, -0.15) is 18.3 Å². The first-order chi connectivity index (χ1) is 12.3. The zero-order valence-electron chi connectivity index (χ0n) is 14.1. The van der Waals surface area contributed by atoms with Crippen molar-refractivity contribution >= 4 is 17.5 Å². The van der Waals surface area contributed by atoms with Gasteiger partial charge in [-0.05, 0) is 37.3 Å². The Bertz CT molecular complexity index is 771. The second-order valence-corrected chi connectivity index (χ2v) is 6.02. The quantitative estimate of drug-likeness (QED) is 0.888. The summed E-state index contributed by atoms with van der Waals surface area (Å²) >= 11 is 0. The van der Waals surface area contributed by atoms with Gasteiger partial charge in [-0.15, -0.1) is 5.10 Å². The van der Waals surface area contributed by atoms with Crippen LogP contribution in [0.25, 0.3) is 0 Å². The van der Waals surface area contributed by atoms with Crippen molar-refractivity contribution < 1.29 is 18.0 Å². The Morgan fingerprint density at radius 3 is 2.42 bits per heavy atom. The molecular formula is C17H18F3N5O. The van der Waals surface area contributed by atoms with Crippen LogP contribution in [0.2, 0.25) is 0 Å². The van der Waals surface area contributed by atoms with Crippen LogP contribution in [0.1, 0.15) is 11.3 Å². The molecule has 3 rings (SSSR count). The Hall–Kier alpha value is -2.84. The Labute approximate surface area is 148 Å². The van der Waals surface area contributed by atoms with E-state index >= 15 is 0 Å². The SMILES string of the molecule is Cc1ccc(N2CCN(C(=O)Nc3cccc(C(F)(F)F)c3)CC2)nn1. The van der Waals surface area contributed by atoms with Gasteiger partial charge < -0.3 is 15.1 Å². The molecule has 1 saturated heterocycles.